The Bertz CT molecular complexity index is 119. The van der Waals surface area contributed by atoms with Crippen molar-refractivity contribution in [2.75, 3.05) is 19.8 Å². The van der Waals surface area contributed by atoms with Gasteiger partial charge in [0.1, 0.15) is 0 Å². The van der Waals surface area contributed by atoms with Crippen molar-refractivity contribution in [1.29, 1.82) is 0 Å². The van der Waals surface area contributed by atoms with Crippen LogP contribution in [0.25, 0.3) is 0 Å². The second-order valence-corrected chi connectivity index (χ2v) is 3.30. The zero-order chi connectivity index (χ0) is 8.65. The molecule has 0 amide bonds. The molecule has 1 N–H and O–H groups in total. The summed E-state index contributed by atoms with van der Waals surface area (Å²) in [7, 11) is 0. The van der Waals surface area contributed by atoms with E-state index in [4.69, 9.17) is 4.74 Å². The van der Waals surface area contributed by atoms with Gasteiger partial charge in [-0.2, -0.15) is 0 Å². The Labute approximate surface area is 75.0 Å². The molecule has 1 fully saturated rings. The van der Waals surface area contributed by atoms with Gasteiger partial charge in [0.15, 0.2) is 0 Å². The van der Waals surface area contributed by atoms with Gasteiger partial charge in [0, 0.05) is 12.6 Å². The zero-order valence-electron chi connectivity index (χ0n) is 7.72. The minimum atomic E-state index is 0.601. The highest BCUT2D eigenvalue weighted by Gasteiger charge is 2.11. The van der Waals surface area contributed by atoms with Crippen LogP contribution in [0, 0.1) is 0 Å². The molecule has 2 nitrogen and oxygen atoms in total. The summed E-state index contributed by atoms with van der Waals surface area (Å²) in [6.45, 7) is 6.64. The normalized spacial score (nSPS) is 23.8. The summed E-state index contributed by atoms with van der Waals surface area (Å²) in [6.07, 6.45) is 6.76. The number of allylic oxidation sites excluding steroid dienone is 1. The molecule has 12 heavy (non-hydrogen) atoms. The van der Waals surface area contributed by atoms with Crippen molar-refractivity contribution in [3.8, 4) is 0 Å². The van der Waals surface area contributed by atoms with Crippen LogP contribution in [0.4, 0.5) is 0 Å². The predicted molar refractivity (Wildman–Crippen MR) is 51.3 cm³/mol. The summed E-state index contributed by atoms with van der Waals surface area (Å²) in [5, 5.41) is 3.48. The summed E-state index contributed by atoms with van der Waals surface area (Å²) in [6, 6.07) is 0.601. The van der Waals surface area contributed by atoms with E-state index < -0.39 is 0 Å². The van der Waals surface area contributed by atoms with Gasteiger partial charge in [0.25, 0.3) is 0 Å². The predicted octanol–water partition coefficient (Wildman–Crippen LogP) is 1.72. The number of ether oxygens (including phenoxy) is 1. The molecular weight excluding hydrogens is 150 g/mol. The van der Waals surface area contributed by atoms with Crippen LogP contribution in [-0.4, -0.2) is 25.8 Å². The fourth-order valence-corrected chi connectivity index (χ4v) is 1.45. The molecule has 1 unspecified atom stereocenters. The Morgan fingerprint density at radius 3 is 3.17 bits per heavy atom. The minimum Gasteiger partial charge on any atom is -0.380 e. The van der Waals surface area contributed by atoms with E-state index in [0.29, 0.717) is 6.04 Å². The van der Waals surface area contributed by atoms with E-state index in [1.165, 1.54) is 19.3 Å². The van der Waals surface area contributed by atoms with Crippen LogP contribution < -0.4 is 5.32 Å². The number of rotatable bonds is 5. The van der Waals surface area contributed by atoms with Crippen LogP contribution in [0.5, 0.6) is 0 Å². The Kier molecular flexibility index (Phi) is 5.04. The lowest BCUT2D eigenvalue weighted by Crippen LogP contribution is -2.37. The van der Waals surface area contributed by atoms with Crippen LogP contribution in [-0.2, 0) is 4.74 Å². The van der Waals surface area contributed by atoms with Gasteiger partial charge in [-0.25, -0.2) is 0 Å². The summed E-state index contributed by atoms with van der Waals surface area (Å²) in [5.74, 6) is 0. The second kappa shape index (κ2) is 6.21. The zero-order valence-corrected chi connectivity index (χ0v) is 7.72. The van der Waals surface area contributed by atoms with Crippen LogP contribution >= 0.6 is 0 Å². The highest BCUT2D eigenvalue weighted by Crippen LogP contribution is 2.05. The minimum absolute atomic E-state index is 0.601. The summed E-state index contributed by atoms with van der Waals surface area (Å²) in [5.41, 5.74) is 0. The maximum Gasteiger partial charge on any atom is 0.0619 e. The number of unbranched alkanes of at least 4 members (excludes halogenated alkanes) is 1. The van der Waals surface area contributed by atoms with Crippen molar-refractivity contribution in [2.24, 2.45) is 0 Å². The summed E-state index contributed by atoms with van der Waals surface area (Å²) in [4.78, 5) is 0. The molecule has 1 saturated heterocycles. The van der Waals surface area contributed by atoms with E-state index in [-0.39, 0.29) is 0 Å². The topological polar surface area (TPSA) is 21.3 Å². The highest BCUT2D eigenvalue weighted by molar-refractivity contribution is 4.71. The first kappa shape index (κ1) is 9.75. The van der Waals surface area contributed by atoms with Crippen LogP contribution in [0.3, 0.4) is 0 Å². The third kappa shape index (κ3) is 3.88. The molecule has 0 aliphatic carbocycles. The van der Waals surface area contributed by atoms with Crippen molar-refractivity contribution >= 4 is 0 Å². The molecule has 0 aromatic rings. The van der Waals surface area contributed by atoms with Gasteiger partial charge in [-0.15, -0.1) is 6.58 Å². The lowest BCUT2D eigenvalue weighted by Gasteiger charge is -2.22. The van der Waals surface area contributed by atoms with Crippen molar-refractivity contribution in [1.82, 2.24) is 5.32 Å². The van der Waals surface area contributed by atoms with Crippen molar-refractivity contribution in [3.63, 3.8) is 0 Å². The summed E-state index contributed by atoms with van der Waals surface area (Å²) >= 11 is 0. The average Bonchev–Trinajstić information content (AvgIpc) is 2.14. The number of hydrogen-bond donors (Lipinski definition) is 1. The second-order valence-electron chi connectivity index (χ2n) is 3.30. The van der Waals surface area contributed by atoms with Gasteiger partial charge in [-0.1, -0.05) is 6.08 Å². The van der Waals surface area contributed by atoms with E-state index in [1.807, 2.05) is 6.08 Å². The molecule has 1 atom stereocenters. The molecule has 1 rings (SSSR count). The Hall–Kier alpha value is -0.340. The fraction of sp³-hybridized carbons (Fsp3) is 0.800. The molecule has 70 valence electrons. The summed E-state index contributed by atoms with van der Waals surface area (Å²) < 4.78 is 5.36. The molecule has 0 saturated carbocycles. The van der Waals surface area contributed by atoms with Crippen molar-refractivity contribution in [2.45, 2.75) is 31.7 Å². The first-order valence-electron chi connectivity index (χ1n) is 4.85. The quantitative estimate of drug-likeness (QED) is 0.500. The first-order valence-corrected chi connectivity index (χ1v) is 4.85. The maximum atomic E-state index is 5.36. The van der Waals surface area contributed by atoms with Crippen molar-refractivity contribution < 1.29 is 4.74 Å². The molecule has 1 aliphatic rings. The van der Waals surface area contributed by atoms with Gasteiger partial charge < -0.3 is 10.1 Å². The molecule has 1 heterocycles. The van der Waals surface area contributed by atoms with Gasteiger partial charge in [0.05, 0.1) is 6.61 Å². The van der Waals surface area contributed by atoms with Crippen LogP contribution in [0.2, 0.25) is 0 Å². The molecule has 0 bridgehead atoms. The van der Waals surface area contributed by atoms with Crippen molar-refractivity contribution in [3.05, 3.63) is 12.7 Å². The Morgan fingerprint density at radius 1 is 1.58 bits per heavy atom. The van der Waals surface area contributed by atoms with Gasteiger partial charge in [-0.05, 0) is 32.2 Å². The van der Waals surface area contributed by atoms with E-state index in [9.17, 15) is 0 Å². The molecule has 0 aromatic heterocycles. The number of nitrogens with one attached hydrogen (secondary N) is 1. The largest absolute Gasteiger partial charge is 0.380 e. The van der Waals surface area contributed by atoms with Gasteiger partial charge in [0.2, 0.25) is 0 Å². The first-order chi connectivity index (χ1) is 5.93. The maximum absolute atomic E-state index is 5.36. The van der Waals surface area contributed by atoms with Gasteiger partial charge in [-0.3, -0.25) is 0 Å². The average molecular weight is 169 g/mol. The van der Waals surface area contributed by atoms with E-state index in [2.05, 4.69) is 11.9 Å². The van der Waals surface area contributed by atoms with E-state index in [0.717, 1.165) is 26.2 Å². The van der Waals surface area contributed by atoms with Crippen LogP contribution in [0.15, 0.2) is 12.7 Å². The standard InChI is InChI=1S/C10H19NO/c1-2-3-4-7-11-10-6-5-8-12-9-10/h2,10-11H,1,3-9H2. The lowest BCUT2D eigenvalue weighted by molar-refractivity contribution is 0.0705. The Morgan fingerprint density at radius 2 is 2.50 bits per heavy atom. The smallest absolute Gasteiger partial charge is 0.0619 e. The third-order valence-electron chi connectivity index (χ3n) is 2.18. The van der Waals surface area contributed by atoms with Gasteiger partial charge >= 0.3 is 0 Å². The molecular formula is C10H19NO. The molecule has 0 spiro atoms. The van der Waals surface area contributed by atoms with Crippen LogP contribution in [0.1, 0.15) is 25.7 Å². The molecule has 0 aromatic carbocycles. The monoisotopic (exact) mass is 169 g/mol. The molecule has 0 radical (unpaired) electrons. The SMILES string of the molecule is C=CCCCNC1CCCOC1. The fourth-order valence-electron chi connectivity index (χ4n) is 1.45. The van der Waals surface area contributed by atoms with E-state index in [1.54, 1.807) is 0 Å². The number of hydrogen-bond acceptors (Lipinski definition) is 2. The molecule has 2 heteroatoms. The molecule has 1 aliphatic heterocycles. The third-order valence-corrected chi connectivity index (χ3v) is 2.18. The lowest BCUT2D eigenvalue weighted by atomic mass is 10.1. The Balaban J connectivity index is 1.94. The highest BCUT2D eigenvalue weighted by atomic mass is 16.5. The van der Waals surface area contributed by atoms with E-state index >= 15 is 0 Å².